The number of hydrogen-bond acceptors (Lipinski definition) is 2. The Morgan fingerprint density at radius 2 is 2.11 bits per heavy atom. The minimum Gasteiger partial charge on any atom is -0.306 e. The molecule has 0 aliphatic heterocycles. The molecule has 0 fully saturated rings. The third-order valence-corrected chi connectivity index (χ3v) is 2.85. The first kappa shape index (κ1) is 13.9. The summed E-state index contributed by atoms with van der Waals surface area (Å²) in [4.78, 5) is 3.83. The van der Waals surface area contributed by atoms with Crippen LogP contribution in [0.3, 0.4) is 0 Å². The van der Waals surface area contributed by atoms with Crippen molar-refractivity contribution in [3.63, 3.8) is 0 Å². The minimum absolute atomic E-state index is 0.0355. The van der Waals surface area contributed by atoms with E-state index in [1.165, 1.54) is 24.5 Å². The molecule has 7 heteroatoms. The van der Waals surface area contributed by atoms with E-state index >= 15 is 0 Å². The Kier molecular flexibility index (Phi) is 4.44. The van der Waals surface area contributed by atoms with Crippen molar-refractivity contribution in [3.05, 3.63) is 52.8 Å². The van der Waals surface area contributed by atoms with E-state index in [1.807, 2.05) is 0 Å². The van der Waals surface area contributed by atoms with Crippen LogP contribution in [0.4, 0.5) is 13.2 Å². The van der Waals surface area contributed by atoms with Crippen LogP contribution in [0.2, 0.25) is 5.02 Å². The number of nitrogens with zero attached hydrogens (tertiary/aromatic N) is 2. The number of rotatable bonds is 5. The number of benzene rings is 1. The van der Waals surface area contributed by atoms with Gasteiger partial charge < -0.3 is 5.32 Å². The van der Waals surface area contributed by atoms with E-state index in [9.17, 15) is 13.2 Å². The SMILES string of the molecule is Fc1ccc(CNCc2nccn2C(F)F)cc1Cl. The molecule has 1 N–H and O–H groups in total. The highest BCUT2D eigenvalue weighted by Gasteiger charge is 2.10. The highest BCUT2D eigenvalue weighted by atomic mass is 35.5. The zero-order valence-electron chi connectivity index (χ0n) is 9.78. The van der Waals surface area contributed by atoms with Gasteiger partial charge in [-0.1, -0.05) is 17.7 Å². The Labute approximate surface area is 113 Å². The van der Waals surface area contributed by atoms with Crippen molar-refractivity contribution in [2.45, 2.75) is 19.6 Å². The first-order valence-corrected chi connectivity index (χ1v) is 5.90. The molecule has 1 heterocycles. The molecule has 2 rings (SSSR count). The standard InChI is InChI=1S/C12H11ClF3N3/c13-9-5-8(1-2-10(9)14)6-17-7-11-18-3-4-19(11)12(15)16/h1-5,12,17H,6-7H2. The monoisotopic (exact) mass is 289 g/mol. The molecule has 0 bridgehead atoms. The lowest BCUT2D eigenvalue weighted by Crippen LogP contribution is -2.17. The maximum absolute atomic E-state index is 12.9. The first-order valence-electron chi connectivity index (χ1n) is 5.52. The van der Waals surface area contributed by atoms with Gasteiger partial charge >= 0.3 is 6.55 Å². The lowest BCUT2D eigenvalue weighted by molar-refractivity contribution is 0.0666. The number of alkyl halides is 2. The van der Waals surface area contributed by atoms with E-state index in [0.29, 0.717) is 6.54 Å². The molecule has 1 aromatic carbocycles. The van der Waals surface area contributed by atoms with Crippen LogP contribution in [0, 0.1) is 5.82 Å². The summed E-state index contributed by atoms with van der Waals surface area (Å²) in [7, 11) is 0. The molecule has 0 atom stereocenters. The molecular formula is C12H11ClF3N3. The van der Waals surface area contributed by atoms with Crippen LogP contribution >= 0.6 is 11.6 Å². The molecule has 0 aliphatic carbocycles. The lowest BCUT2D eigenvalue weighted by Gasteiger charge is -2.08. The molecule has 0 radical (unpaired) electrons. The molecule has 102 valence electrons. The minimum atomic E-state index is -2.61. The lowest BCUT2D eigenvalue weighted by atomic mass is 10.2. The summed E-state index contributed by atoms with van der Waals surface area (Å²) < 4.78 is 38.8. The molecule has 0 aliphatic rings. The van der Waals surface area contributed by atoms with E-state index < -0.39 is 12.4 Å². The van der Waals surface area contributed by atoms with Gasteiger partial charge in [0.1, 0.15) is 11.6 Å². The second-order valence-corrected chi connectivity index (χ2v) is 4.29. The maximum Gasteiger partial charge on any atom is 0.319 e. The molecule has 2 aromatic rings. The van der Waals surface area contributed by atoms with Gasteiger partial charge in [-0.15, -0.1) is 0 Å². The van der Waals surface area contributed by atoms with Crippen molar-refractivity contribution >= 4 is 11.6 Å². The maximum atomic E-state index is 12.9. The fourth-order valence-electron chi connectivity index (χ4n) is 1.63. The van der Waals surface area contributed by atoms with Crippen LogP contribution in [0.1, 0.15) is 17.9 Å². The topological polar surface area (TPSA) is 29.9 Å². The van der Waals surface area contributed by atoms with Crippen molar-refractivity contribution in [3.8, 4) is 0 Å². The van der Waals surface area contributed by atoms with Crippen LogP contribution in [0.25, 0.3) is 0 Å². The molecule has 0 spiro atoms. The predicted molar refractivity (Wildman–Crippen MR) is 65.4 cm³/mol. The van der Waals surface area contributed by atoms with Gasteiger partial charge in [-0.2, -0.15) is 8.78 Å². The van der Waals surface area contributed by atoms with E-state index in [2.05, 4.69) is 10.3 Å². The molecule has 3 nitrogen and oxygen atoms in total. The van der Waals surface area contributed by atoms with Gasteiger partial charge in [0.2, 0.25) is 0 Å². The number of halogens is 4. The van der Waals surface area contributed by atoms with Gasteiger partial charge in [0.05, 0.1) is 11.6 Å². The number of aromatic nitrogens is 2. The third kappa shape index (κ3) is 3.48. The molecule has 19 heavy (non-hydrogen) atoms. The highest BCUT2D eigenvalue weighted by molar-refractivity contribution is 6.30. The smallest absolute Gasteiger partial charge is 0.306 e. The Hall–Kier alpha value is -1.53. The van der Waals surface area contributed by atoms with Crippen LogP contribution in [-0.2, 0) is 13.1 Å². The van der Waals surface area contributed by atoms with Crippen LogP contribution in [0.15, 0.2) is 30.6 Å². The predicted octanol–water partition coefficient (Wildman–Crippen LogP) is 3.36. The Morgan fingerprint density at radius 1 is 1.32 bits per heavy atom. The average molecular weight is 290 g/mol. The Bertz CT molecular complexity index is 557. The van der Waals surface area contributed by atoms with Crippen LogP contribution < -0.4 is 5.32 Å². The fourth-order valence-corrected chi connectivity index (χ4v) is 1.83. The molecule has 0 saturated carbocycles. The average Bonchev–Trinajstić information content (AvgIpc) is 2.82. The molecule has 0 unspecified atom stereocenters. The van der Waals surface area contributed by atoms with Gasteiger partial charge in [0, 0.05) is 18.9 Å². The third-order valence-electron chi connectivity index (χ3n) is 2.56. The summed E-state index contributed by atoms with van der Waals surface area (Å²) in [6, 6.07) is 4.33. The fraction of sp³-hybridized carbons (Fsp3) is 0.250. The van der Waals surface area contributed by atoms with Gasteiger partial charge in [-0.3, -0.25) is 4.57 Å². The first-order chi connectivity index (χ1) is 9.08. The Morgan fingerprint density at radius 3 is 2.79 bits per heavy atom. The highest BCUT2D eigenvalue weighted by Crippen LogP contribution is 2.16. The van der Waals surface area contributed by atoms with Crippen molar-refractivity contribution in [1.29, 1.82) is 0 Å². The zero-order valence-corrected chi connectivity index (χ0v) is 10.5. The van der Waals surface area contributed by atoms with Crippen molar-refractivity contribution in [2.75, 3.05) is 0 Å². The van der Waals surface area contributed by atoms with E-state index in [0.717, 1.165) is 10.1 Å². The summed E-state index contributed by atoms with van der Waals surface area (Å²) >= 11 is 5.64. The van der Waals surface area contributed by atoms with Crippen molar-refractivity contribution < 1.29 is 13.2 Å². The van der Waals surface area contributed by atoms with Crippen LogP contribution in [-0.4, -0.2) is 9.55 Å². The summed E-state index contributed by atoms with van der Waals surface area (Å²) in [5, 5.41) is 2.98. The van der Waals surface area contributed by atoms with Gasteiger partial charge in [0.15, 0.2) is 0 Å². The molecule has 0 amide bonds. The molecule has 1 aromatic heterocycles. The van der Waals surface area contributed by atoms with Crippen LogP contribution in [0.5, 0.6) is 0 Å². The largest absolute Gasteiger partial charge is 0.319 e. The molecular weight excluding hydrogens is 279 g/mol. The number of nitrogens with one attached hydrogen (secondary N) is 1. The quantitative estimate of drug-likeness (QED) is 0.915. The number of hydrogen-bond donors (Lipinski definition) is 1. The number of imidazole rings is 1. The normalized spacial score (nSPS) is 11.2. The summed E-state index contributed by atoms with van der Waals surface area (Å²) in [6.07, 6.45) is 2.54. The Balaban J connectivity index is 1.92. The zero-order chi connectivity index (χ0) is 13.8. The van der Waals surface area contributed by atoms with Crippen molar-refractivity contribution in [2.24, 2.45) is 0 Å². The van der Waals surface area contributed by atoms with E-state index in [-0.39, 0.29) is 17.4 Å². The summed E-state index contributed by atoms with van der Waals surface area (Å²) in [6.45, 7) is -2.04. The van der Waals surface area contributed by atoms with Gasteiger partial charge in [-0.05, 0) is 17.7 Å². The summed E-state index contributed by atoms with van der Waals surface area (Å²) in [5.74, 6) is -0.248. The van der Waals surface area contributed by atoms with E-state index in [1.54, 1.807) is 6.07 Å². The van der Waals surface area contributed by atoms with E-state index in [4.69, 9.17) is 11.6 Å². The van der Waals surface area contributed by atoms with Gasteiger partial charge in [0.25, 0.3) is 0 Å². The van der Waals surface area contributed by atoms with Crippen molar-refractivity contribution in [1.82, 2.24) is 14.9 Å². The molecule has 0 saturated heterocycles. The second-order valence-electron chi connectivity index (χ2n) is 3.88. The summed E-state index contributed by atoms with van der Waals surface area (Å²) in [5.41, 5.74) is 0.765. The second kappa shape index (κ2) is 6.08. The van der Waals surface area contributed by atoms with Gasteiger partial charge in [-0.25, -0.2) is 9.37 Å².